The molecule has 5 aromatic rings. The van der Waals surface area contributed by atoms with Crippen molar-refractivity contribution in [3.05, 3.63) is 215 Å². The molecule has 4 unspecified atom stereocenters. The third kappa shape index (κ3) is 5.68. The van der Waals surface area contributed by atoms with Crippen LogP contribution in [0, 0.1) is 17.1 Å². The van der Waals surface area contributed by atoms with E-state index in [1.165, 1.54) is 51.6 Å². The average Bonchev–Trinajstić information content (AvgIpc) is 3.47. The van der Waals surface area contributed by atoms with Crippen LogP contribution < -0.4 is 4.90 Å². The number of rotatable bonds is 5. The molecule has 3 aliphatic carbocycles. The van der Waals surface area contributed by atoms with Gasteiger partial charge in [-0.15, -0.1) is 0 Å². The zero-order chi connectivity index (χ0) is 37.0. The van der Waals surface area contributed by atoms with Gasteiger partial charge < -0.3 is 9.80 Å². The largest absolute Gasteiger partial charge is 0.336 e. The number of fused-ring (bicyclic) bond motifs is 6. The fourth-order valence-electron chi connectivity index (χ4n) is 8.95. The summed E-state index contributed by atoms with van der Waals surface area (Å²) in [6.07, 6.45) is 19.6. The van der Waals surface area contributed by atoms with Crippen molar-refractivity contribution in [1.29, 1.82) is 5.26 Å². The Morgan fingerprint density at radius 2 is 1.56 bits per heavy atom. The van der Waals surface area contributed by atoms with E-state index in [9.17, 15) is 9.65 Å². The highest BCUT2D eigenvalue weighted by Gasteiger charge is 2.48. The molecule has 6 heteroatoms. The van der Waals surface area contributed by atoms with Gasteiger partial charge in [-0.05, 0) is 83.8 Å². The minimum Gasteiger partial charge on any atom is -0.336 e. The van der Waals surface area contributed by atoms with Crippen LogP contribution in [0.1, 0.15) is 41.6 Å². The molecular weight excluding hydrogens is 678 g/mol. The van der Waals surface area contributed by atoms with Crippen LogP contribution in [-0.2, 0) is 0 Å². The van der Waals surface area contributed by atoms with Gasteiger partial charge in [0.25, 0.3) is 0 Å². The normalized spacial score (nSPS) is 22.0. The smallest absolute Gasteiger partial charge is 0.136 e. The van der Waals surface area contributed by atoms with Gasteiger partial charge in [-0.25, -0.2) is 14.4 Å². The van der Waals surface area contributed by atoms with E-state index in [2.05, 4.69) is 126 Å². The van der Waals surface area contributed by atoms with Crippen molar-refractivity contribution in [2.24, 2.45) is 0 Å². The Labute approximate surface area is 320 Å². The van der Waals surface area contributed by atoms with Crippen molar-refractivity contribution in [1.82, 2.24) is 14.9 Å². The highest BCUT2D eigenvalue weighted by atomic mass is 19.1. The first-order valence-electron chi connectivity index (χ1n) is 18.8. The van der Waals surface area contributed by atoms with Gasteiger partial charge in [0.15, 0.2) is 0 Å². The summed E-state index contributed by atoms with van der Waals surface area (Å²) >= 11 is 0. The second-order valence-electron chi connectivity index (χ2n) is 14.7. The number of benzene rings is 4. The van der Waals surface area contributed by atoms with Crippen molar-refractivity contribution in [3.8, 4) is 28.6 Å². The lowest BCUT2D eigenvalue weighted by molar-refractivity contribution is 0.298. The van der Waals surface area contributed by atoms with Crippen LogP contribution in [0.4, 0.5) is 15.8 Å². The first kappa shape index (κ1) is 32.8. The summed E-state index contributed by atoms with van der Waals surface area (Å²) in [4.78, 5) is 15.4. The third-order valence-corrected chi connectivity index (χ3v) is 11.4. The number of hydrogen-bond acceptors (Lipinski definition) is 5. The fourth-order valence-corrected chi connectivity index (χ4v) is 8.95. The number of allylic oxidation sites excluding steroid dienone is 10. The lowest BCUT2D eigenvalue weighted by Gasteiger charge is -2.46. The molecule has 2 bridgehead atoms. The van der Waals surface area contributed by atoms with Crippen molar-refractivity contribution in [2.45, 2.75) is 36.8 Å². The van der Waals surface area contributed by atoms with E-state index >= 15 is 0 Å². The van der Waals surface area contributed by atoms with Gasteiger partial charge in [0.1, 0.15) is 11.6 Å². The number of nitrogens with zero attached hydrogens (tertiary/aromatic N) is 5. The number of para-hydroxylation sites is 2. The van der Waals surface area contributed by atoms with Crippen molar-refractivity contribution in [3.63, 3.8) is 0 Å². The molecule has 0 spiro atoms. The van der Waals surface area contributed by atoms with Crippen molar-refractivity contribution in [2.75, 3.05) is 4.90 Å². The maximum atomic E-state index is 14.6. The van der Waals surface area contributed by atoms with Gasteiger partial charge in [0, 0.05) is 52.2 Å². The molecule has 4 aromatic carbocycles. The zero-order valence-electron chi connectivity index (χ0n) is 30.1. The van der Waals surface area contributed by atoms with E-state index in [4.69, 9.17) is 9.97 Å². The quantitative estimate of drug-likeness (QED) is 0.181. The number of nitriles is 1. The maximum Gasteiger partial charge on any atom is 0.136 e. The summed E-state index contributed by atoms with van der Waals surface area (Å²) in [5.41, 5.74) is 13.1. The number of halogens is 1. The standard InChI is InChI=1S/C49H36FN5/c1-31-20-23-46-42(24-31)33-21-22-41-40-18-5-6-19-45(40)55(38-15-3-2-4-16-38)48(41)47(28-33)54(46)39-17-9-13-36(27-39)49-52-43(34-11-7-10-32(25-34)30-51)29-44(53-49)35-12-8-14-37(50)26-35/h2-23,25-26,28-29,36,41,47-48H,1,24,27H2. The molecule has 5 nitrogen and oxygen atoms in total. The Hall–Kier alpha value is -6.84. The van der Waals surface area contributed by atoms with Gasteiger partial charge in [-0.1, -0.05) is 109 Å². The summed E-state index contributed by atoms with van der Waals surface area (Å²) in [6, 6.07) is 37.8. The Morgan fingerprint density at radius 1 is 0.782 bits per heavy atom. The molecule has 3 heterocycles. The van der Waals surface area contributed by atoms with E-state index < -0.39 is 0 Å². The van der Waals surface area contributed by atoms with Gasteiger partial charge in [-0.2, -0.15) is 5.26 Å². The molecule has 0 radical (unpaired) electrons. The molecule has 5 aliphatic rings. The van der Waals surface area contributed by atoms with Crippen LogP contribution in [0.3, 0.4) is 0 Å². The number of anilines is 2. The first-order chi connectivity index (χ1) is 27.0. The zero-order valence-corrected chi connectivity index (χ0v) is 30.1. The third-order valence-electron chi connectivity index (χ3n) is 11.4. The molecule has 2 aliphatic heterocycles. The molecule has 1 aromatic heterocycles. The van der Waals surface area contributed by atoms with E-state index in [1.54, 1.807) is 12.1 Å². The van der Waals surface area contributed by atoms with Crippen LogP contribution >= 0.6 is 0 Å². The van der Waals surface area contributed by atoms with Crippen molar-refractivity contribution >= 4 is 11.4 Å². The SMILES string of the molecule is C=C1C=CC2=C(C1)C1=CC(C3C(C=C1)c1ccccc1N3c1ccccc1)N2C1=CC=CC(c2nc(-c3cccc(F)c3)cc(-c3cccc(C#N)c3)n2)C1. The van der Waals surface area contributed by atoms with Gasteiger partial charge in [-0.3, -0.25) is 0 Å². The summed E-state index contributed by atoms with van der Waals surface area (Å²) in [6.45, 7) is 4.36. The monoisotopic (exact) mass is 713 g/mol. The molecular formula is C49H36FN5. The number of aromatic nitrogens is 2. The van der Waals surface area contributed by atoms with E-state index in [-0.39, 0.29) is 29.7 Å². The molecule has 0 saturated heterocycles. The predicted molar refractivity (Wildman–Crippen MR) is 216 cm³/mol. The Kier molecular flexibility index (Phi) is 7.88. The van der Waals surface area contributed by atoms with Crippen LogP contribution in [-0.4, -0.2) is 27.0 Å². The highest BCUT2D eigenvalue weighted by molar-refractivity contribution is 5.76. The molecule has 55 heavy (non-hydrogen) atoms. The predicted octanol–water partition coefficient (Wildman–Crippen LogP) is 11.0. The fraction of sp³-hybridized carbons (Fsp3) is 0.122. The van der Waals surface area contributed by atoms with Crippen LogP contribution in [0.15, 0.2) is 192 Å². The van der Waals surface area contributed by atoms with E-state index in [0.29, 0.717) is 34.8 Å². The Balaban J connectivity index is 1.09. The maximum absolute atomic E-state index is 14.6. The van der Waals surface area contributed by atoms with Gasteiger partial charge in [0.2, 0.25) is 0 Å². The van der Waals surface area contributed by atoms with Gasteiger partial charge in [0.05, 0.1) is 35.1 Å². The Bertz CT molecular complexity index is 2640. The molecule has 0 N–H and O–H groups in total. The van der Waals surface area contributed by atoms with E-state index in [0.717, 1.165) is 17.6 Å². The molecule has 4 atom stereocenters. The van der Waals surface area contributed by atoms with Crippen LogP contribution in [0.5, 0.6) is 0 Å². The van der Waals surface area contributed by atoms with Gasteiger partial charge >= 0.3 is 0 Å². The number of hydrogen-bond donors (Lipinski definition) is 0. The minimum atomic E-state index is -0.326. The van der Waals surface area contributed by atoms with Crippen LogP contribution in [0.2, 0.25) is 0 Å². The highest BCUT2D eigenvalue weighted by Crippen LogP contribution is 2.53. The molecule has 264 valence electrons. The summed E-state index contributed by atoms with van der Waals surface area (Å²) in [7, 11) is 0. The van der Waals surface area contributed by atoms with E-state index in [1.807, 2.05) is 30.3 Å². The summed E-state index contributed by atoms with van der Waals surface area (Å²) < 4.78 is 14.6. The first-order valence-corrected chi connectivity index (χ1v) is 18.8. The second-order valence-corrected chi connectivity index (χ2v) is 14.7. The topological polar surface area (TPSA) is 56.0 Å². The Morgan fingerprint density at radius 3 is 2.38 bits per heavy atom. The lowest BCUT2D eigenvalue weighted by atomic mass is 9.83. The molecule has 0 saturated carbocycles. The molecule has 10 rings (SSSR count). The second kappa shape index (κ2) is 13.2. The minimum absolute atomic E-state index is 0.000370. The summed E-state index contributed by atoms with van der Waals surface area (Å²) in [5.74, 6) is 0.331. The summed E-state index contributed by atoms with van der Waals surface area (Å²) in [5, 5.41) is 9.68. The lowest BCUT2D eigenvalue weighted by Crippen LogP contribution is -2.50. The average molecular weight is 714 g/mol. The van der Waals surface area contributed by atoms with Crippen molar-refractivity contribution < 1.29 is 4.39 Å². The van der Waals surface area contributed by atoms with Crippen LogP contribution in [0.25, 0.3) is 22.5 Å². The molecule has 0 fully saturated rings. The molecule has 0 amide bonds.